The summed E-state index contributed by atoms with van der Waals surface area (Å²) in [6.07, 6.45) is 2.04. The first kappa shape index (κ1) is 32.4. The highest BCUT2D eigenvalue weighted by Gasteiger charge is 2.71. The first-order chi connectivity index (χ1) is 24.1. The predicted molar refractivity (Wildman–Crippen MR) is 180 cm³/mol. The quantitative estimate of drug-likeness (QED) is 0.237. The fourth-order valence-electron chi connectivity index (χ4n) is 9.59. The van der Waals surface area contributed by atoms with Gasteiger partial charge in [-0.3, -0.25) is 4.98 Å². The Morgan fingerprint density at radius 2 is 1.82 bits per heavy atom. The molecule has 0 amide bonds. The number of carbonyl (C=O) groups is 1. The van der Waals surface area contributed by atoms with Crippen molar-refractivity contribution in [3.05, 3.63) is 118 Å². The van der Waals surface area contributed by atoms with Gasteiger partial charge in [-0.2, -0.15) is 5.26 Å². The number of hydrogen-bond donors (Lipinski definition) is 1. The van der Waals surface area contributed by atoms with Crippen LogP contribution in [-0.4, -0.2) is 40.5 Å². The van der Waals surface area contributed by atoms with Gasteiger partial charge < -0.3 is 28.5 Å². The second kappa shape index (κ2) is 11.9. The molecule has 1 saturated heterocycles. The highest BCUT2D eigenvalue weighted by molar-refractivity contribution is 5.92. The molecule has 9 atom stereocenters. The van der Waals surface area contributed by atoms with Crippen LogP contribution in [0, 0.1) is 34.0 Å². The van der Waals surface area contributed by atoms with Crippen LogP contribution in [0.4, 0.5) is 0 Å². The van der Waals surface area contributed by atoms with Crippen molar-refractivity contribution in [1.29, 1.82) is 5.26 Å². The molecule has 0 spiro atoms. The third kappa shape index (κ3) is 4.90. The third-order valence-electron chi connectivity index (χ3n) is 11.9. The van der Waals surface area contributed by atoms with Crippen molar-refractivity contribution in [3.8, 4) is 23.1 Å². The minimum atomic E-state index is -1.30. The fraction of sp³-hybridized carbons (Fsp3) is 0.400. The number of hydrogen-bond acceptors (Lipinski definition) is 10. The summed E-state index contributed by atoms with van der Waals surface area (Å²) >= 11 is 0. The first-order valence-corrected chi connectivity index (χ1v) is 17.0. The lowest BCUT2D eigenvalue weighted by atomic mass is 9.42. The van der Waals surface area contributed by atoms with E-state index in [1.54, 1.807) is 54.9 Å². The van der Waals surface area contributed by atoms with E-state index in [-0.39, 0.29) is 40.2 Å². The van der Waals surface area contributed by atoms with E-state index >= 15 is 0 Å². The molecule has 2 aliphatic carbocycles. The summed E-state index contributed by atoms with van der Waals surface area (Å²) in [7, 11) is 0. The van der Waals surface area contributed by atoms with Gasteiger partial charge in [-0.05, 0) is 61.8 Å². The Morgan fingerprint density at radius 1 is 1.04 bits per heavy atom. The molecule has 2 aromatic carbocycles. The Balaban J connectivity index is 1.22. The lowest BCUT2D eigenvalue weighted by Gasteiger charge is -2.67. The van der Waals surface area contributed by atoms with E-state index in [2.05, 4.69) is 24.9 Å². The largest absolute Gasteiger partial charge is 0.482 e. The molecule has 10 nitrogen and oxygen atoms in total. The molecule has 256 valence electrons. The molecule has 50 heavy (non-hydrogen) atoms. The molecule has 2 aliphatic heterocycles. The number of nitriles is 1. The lowest BCUT2D eigenvalue weighted by molar-refractivity contribution is -0.330. The van der Waals surface area contributed by atoms with Crippen LogP contribution in [0.1, 0.15) is 79.5 Å². The summed E-state index contributed by atoms with van der Waals surface area (Å²) < 4.78 is 32.1. The van der Waals surface area contributed by atoms with E-state index in [1.165, 1.54) is 0 Å². The van der Waals surface area contributed by atoms with Crippen molar-refractivity contribution in [1.82, 2.24) is 4.98 Å². The molecule has 0 radical (unpaired) electrons. The zero-order valence-electron chi connectivity index (χ0n) is 28.1. The summed E-state index contributed by atoms with van der Waals surface area (Å²) in [4.78, 5) is 31.8. The molecule has 2 aromatic heterocycles. The highest BCUT2D eigenvalue weighted by atomic mass is 16.7. The molecular weight excluding hydrogens is 636 g/mol. The number of rotatable bonds is 4. The zero-order valence-corrected chi connectivity index (χ0v) is 28.1. The van der Waals surface area contributed by atoms with Crippen LogP contribution in [0.3, 0.4) is 0 Å². The third-order valence-corrected chi connectivity index (χ3v) is 11.9. The van der Waals surface area contributed by atoms with Gasteiger partial charge in [-0.25, -0.2) is 9.59 Å². The van der Waals surface area contributed by atoms with Gasteiger partial charge in [-0.1, -0.05) is 56.3 Å². The smallest absolute Gasteiger partial charge is 0.345 e. The van der Waals surface area contributed by atoms with E-state index in [0.29, 0.717) is 31.4 Å². The maximum absolute atomic E-state index is 13.9. The summed E-state index contributed by atoms with van der Waals surface area (Å²) in [6.45, 7) is 6.51. The molecule has 1 N–H and O–H groups in total. The molecule has 3 fully saturated rings. The molecule has 8 rings (SSSR count). The number of aliphatic hydroxyl groups excluding tert-OH is 1. The normalized spacial score (nSPS) is 34.1. The molecule has 4 heterocycles. The average Bonchev–Trinajstić information content (AvgIpc) is 3.12. The van der Waals surface area contributed by atoms with Crippen molar-refractivity contribution in [2.75, 3.05) is 6.61 Å². The minimum Gasteiger partial charge on any atom is -0.482 e. The topological polar surface area (TPSA) is 141 Å². The van der Waals surface area contributed by atoms with Crippen LogP contribution >= 0.6 is 0 Å². The molecule has 3 unspecified atom stereocenters. The van der Waals surface area contributed by atoms with E-state index in [4.69, 9.17) is 23.4 Å². The molecule has 2 saturated carbocycles. The number of aromatic nitrogens is 1. The number of nitrogens with zero attached hydrogens (tertiary/aromatic N) is 2. The van der Waals surface area contributed by atoms with Crippen LogP contribution in [0.5, 0.6) is 5.75 Å². The van der Waals surface area contributed by atoms with Crippen LogP contribution in [-0.2, 0) is 14.2 Å². The van der Waals surface area contributed by atoms with Crippen LogP contribution < -0.4 is 10.4 Å². The average molecular weight is 675 g/mol. The van der Waals surface area contributed by atoms with Gasteiger partial charge >= 0.3 is 11.6 Å². The Kier molecular flexibility index (Phi) is 7.71. The molecule has 4 aromatic rings. The zero-order chi connectivity index (χ0) is 34.8. The predicted octanol–water partition coefficient (Wildman–Crippen LogP) is 6.54. The number of benzene rings is 2. The van der Waals surface area contributed by atoms with Crippen molar-refractivity contribution in [3.63, 3.8) is 0 Å². The van der Waals surface area contributed by atoms with Gasteiger partial charge in [0, 0.05) is 40.9 Å². The molecular formula is C40H38N2O8. The first-order valence-electron chi connectivity index (χ1n) is 17.0. The van der Waals surface area contributed by atoms with Gasteiger partial charge in [-0.15, -0.1) is 0 Å². The Labute approximate surface area is 289 Å². The second-order valence-corrected chi connectivity index (χ2v) is 14.7. The number of esters is 1. The standard InChI is InChI=1S/C40H38N2O8/c1-38-16-15-30-39(2,22-46-37(49-30)23-10-5-4-6-11-23)29(38)19-31(48-35(44)26-14-8-7-12-24(26)20-41)40(3)34(38)33(43)32-28(50-40)18-27(47-36(32)45)25-13-9-17-42-21-25/h4-14,17-18,21,29-31,33-34,37,43H,15-16,19,22H2,1-3H3/t29?,30-,31-,33-,34?,37?,38-,39-,40+/m0/s1. The van der Waals surface area contributed by atoms with Crippen molar-refractivity contribution in [2.24, 2.45) is 22.7 Å². The molecule has 0 bridgehead atoms. The maximum atomic E-state index is 13.9. The molecule has 10 heteroatoms. The second-order valence-electron chi connectivity index (χ2n) is 14.7. The monoisotopic (exact) mass is 674 g/mol. The fourth-order valence-corrected chi connectivity index (χ4v) is 9.59. The number of ether oxygens (including phenoxy) is 4. The Hall–Kier alpha value is -4.82. The van der Waals surface area contributed by atoms with E-state index in [9.17, 15) is 20.0 Å². The van der Waals surface area contributed by atoms with Gasteiger partial charge in [0.15, 0.2) is 6.29 Å². The van der Waals surface area contributed by atoms with Gasteiger partial charge in [0.2, 0.25) is 0 Å². The maximum Gasteiger partial charge on any atom is 0.345 e. The van der Waals surface area contributed by atoms with E-state index in [1.807, 2.05) is 37.3 Å². The Bertz CT molecular complexity index is 2050. The van der Waals surface area contributed by atoms with Crippen LogP contribution in [0.25, 0.3) is 11.3 Å². The lowest BCUT2D eigenvalue weighted by Crippen LogP contribution is -2.72. The SMILES string of the molecule is C[C@]12CC[C@@H]3OC(c4ccccc4)OC[C@@]3(C)C1C[C@H](OC(=O)c1ccccc1C#N)[C@@]1(C)Oc3cc(-c4cccnc4)oc(=O)c3[C@H](O)C21. The summed E-state index contributed by atoms with van der Waals surface area (Å²) in [6, 6.07) is 23.5. The number of pyridine rings is 1. The van der Waals surface area contributed by atoms with Crippen molar-refractivity contribution >= 4 is 5.97 Å². The van der Waals surface area contributed by atoms with Gasteiger partial charge in [0.05, 0.1) is 29.9 Å². The summed E-state index contributed by atoms with van der Waals surface area (Å²) in [5.41, 5.74) is -1.24. The van der Waals surface area contributed by atoms with E-state index < -0.39 is 52.4 Å². The number of carbonyl (C=O) groups excluding carboxylic acids is 1. The summed E-state index contributed by atoms with van der Waals surface area (Å²) in [5.74, 6) is -1.14. The van der Waals surface area contributed by atoms with Gasteiger partial charge in [0.25, 0.3) is 0 Å². The van der Waals surface area contributed by atoms with Crippen molar-refractivity contribution < 1.29 is 33.3 Å². The molecule has 4 aliphatic rings. The highest BCUT2D eigenvalue weighted by Crippen LogP contribution is 2.68. The van der Waals surface area contributed by atoms with Gasteiger partial charge in [0.1, 0.15) is 34.8 Å². The van der Waals surface area contributed by atoms with Crippen LogP contribution in [0.15, 0.2) is 94.4 Å². The van der Waals surface area contributed by atoms with Crippen LogP contribution in [0.2, 0.25) is 0 Å². The summed E-state index contributed by atoms with van der Waals surface area (Å²) in [5, 5.41) is 22.2. The van der Waals surface area contributed by atoms with Crippen molar-refractivity contribution in [2.45, 2.75) is 70.2 Å². The number of aliphatic hydroxyl groups is 1. The Morgan fingerprint density at radius 3 is 2.58 bits per heavy atom. The number of fused-ring (bicyclic) bond motifs is 6. The minimum absolute atomic E-state index is 0.0365. The van der Waals surface area contributed by atoms with E-state index in [0.717, 1.165) is 5.56 Å².